The fourth-order valence-corrected chi connectivity index (χ4v) is 2.55. The molecule has 0 saturated heterocycles. The van der Waals surface area contributed by atoms with Gasteiger partial charge in [-0.1, -0.05) is 13.3 Å². The van der Waals surface area contributed by atoms with Crippen LogP contribution in [0.3, 0.4) is 0 Å². The van der Waals surface area contributed by atoms with E-state index < -0.39 is 11.6 Å². The van der Waals surface area contributed by atoms with Crippen molar-refractivity contribution >= 4 is 5.97 Å². The van der Waals surface area contributed by atoms with Crippen molar-refractivity contribution in [1.82, 2.24) is 5.32 Å². The highest BCUT2D eigenvalue weighted by Crippen LogP contribution is 2.31. The first-order valence-electron chi connectivity index (χ1n) is 7.81. The lowest BCUT2D eigenvalue weighted by molar-refractivity contribution is -0.144. The number of carbonyl (C=O) groups is 1. The number of aliphatic hydroxyl groups is 1. The molecule has 0 aromatic carbocycles. The summed E-state index contributed by atoms with van der Waals surface area (Å²) in [5, 5.41) is 22.5. The molecule has 0 aliphatic heterocycles. The number of aliphatic carboxylic acids is 1. The summed E-state index contributed by atoms with van der Waals surface area (Å²) in [6.45, 7) is 5.11. The summed E-state index contributed by atoms with van der Waals surface area (Å²) in [5.74, 6) is -1.01. The number of carboxylic acid groups (broad SMARTS) is 1. The van der Waals surface area contributed by atoms with Gasteiger partial charge in [0.1, 0.15) is 0 Å². The Hall–Kier alpha value is -0.650. The third kappa shape index (κ3) is 6.68. The summed E-state index contributed by atoms with van der Waals surface area (Å²) in [6.07, 6.45) is 5.51. The van der Waals surface area contributed by atoms with Gasteiger partial charge in [0.2, 0.25) is 0 Å². The predicted molar refractivity (Wildman–Crippen MR) is 77.8 cm³/mol. The molecule has 1 fully saturated rings. The fourth-order valence-electron chi connectivity index (χ4n) is 2.55. The molecule has 0 bridgehead atoms. The predicted octanol–water partition coefficient (Wildman–Crippen LogP) is 1.79. The van der Waals surface area contributed by atoms with E-state index in [1.165, 1.54) is 0 Å². The normalized spacial score (nSPS) is 26.6. The van der Waals surface area contributed by atoms with Crippen LogP contribution >= 0.6 is 0 Å². The number of rotatable bonds is 10. The van der Waals surface area contributed by atoms with Crippen LogP contribution < -0.4 is 5.32 Å². The van der Waals surface area contributed by atoms with E-state index >= 15 is 0 Å². The molecule has 0 aromatic rings. The Morgan fingerprint density at radius 1 is 1.30 bits per heavy atom. The van der Waals surface area contributed by atoms with Crippen LogP contribution in [-0.4, -0.2) is 48.1 Å². The topological polar surface area (TPSA) is 78.8 Å². The second-order valence-electron chi connectivity index (χ2n) is 5.83. The van der Waals surface area contributed by atoms with Gasteiger partial charge in [-0.2, -0.15) is 0 Å². The average Bonchev–Trinajstić information content (AvgIpc) is 2.42. The van der Waals surface area contributed by atoms with Gasteiger partial charge in [0.15, 0.2) is 0 Å². The molecule has 0 radical (unpaired) electrons. The number of carboxylic acids is 1. The molecular weight excluding hydrogens is 258 g/mol. The summed E-state index contributed by atoms with van der Waals surface area (Å²) in [4.78, 5) is 10.9. The third-order valence-corrected chi connectivity index (χ3v) is 4.00. The fraction of sp³-hybridized carbons (Fsp3) is 0.933. The Morgan fingerprint density at radius 2 is 1.95 bits per heavy atom. The van der Waals surface area contributed by atoms with E-state index in [0.717, 1.165) is 39.0 Å². The van der Waals surface area contributed by atoms with Crippen LogP contribution in [0.15, 0.2) is 0 Å². The molecule has 1 rings (SSSR count). The molecule has 0 aromatic heterocycles. The molecule has 1 aliphatic carbocycles. The van der Waals surface area contributed by atoms with Crippen molar-refractivity contribution in [3.63, 3.8) is 0 Å². The van der Waals surface area contributed by atoms with Gasteiger partial charge in [0.25, 0.3) is 0 Å². The van der Waals surface area contributed by atoms with Gasteiger partial charge >= 0.3 is 5.97 Å². The first-order chi connectivity index (χ1) is 9.57. The zero-order valence-electron chi connectivity index (χ0n) is 12.6. The van der Waals surface area contributed by atoms with Crippen molar-refractivity contribution in [2.75, 3.05) is 26.3 Å². The maximum absolute atomic E-state index is 10.9. The highest BCUT2D eigenvalue weighted by atomic mass is 16.5. The largest absolute Gasteiger partial charge is 0.481 e. The summed E-state index contributed by atoms with van der Waals surface area (Å²) in [5.41, 5.74) is -0.727. The molecule has 0 amide bonds. The Morgan fingerprint density at radius 3 is 2.55 bits per heavy atom. The van der Waals surface area contributed by atoms with Crippen LogP contribution in [0.5, 0.6) is 0 Å². The Balaban J connectivity index is 2.03. The standard InChI is InChI=1S/C15H29NO4/c1-2-3-10-20-11-4-9-16-12-15(19)7-5-13(6-8-15)14(17)18/h13,16,19H,2-12H2,1H3,(H,17,18). The van der Waals surface area contributed by atoms with Gasteiger partial charge < -0.3 is 20.3 Å². The minimum atomic E-state index is -0.732. The number of hydrogen-bond donors (Lipinski definition) is 3. The lowest BCUT2D eigenvalue weighted by atomic mass is 9.79. The number of nitrogens with one attached hydrogen (secondary N) is 1. The molecule has 1 saturated carbocycles. The lowest BCUT2D eigenvalue weighted by Gasteiger charge is -2.34. The second kappa shape index (κ2) is 9.32. The third-order valence-electron chi connectivity index (χ3n) is 4.00. The van der Waals surface area contributed by atoms with Crippen molar-refractivity contribution in [2.45, 2.75) is 57.5 Å². The van der Waals surface area contributed by atoms with E-state index in [1.54, 1.807) is 0 Å². The number of hydrogen-bond acceptors (Lipinski definition) is 4. The summed E-state index contributed by atoms with van der Waals surface area (Å²) in [7, 11) is 0. The minimum Gasteiger partial charge on any atom is -0.481 e. The molecule has 118 valence electrons. The van der Waals surface area contributed by atoms with Crippen molar-refractivity contribution in [1.29, 1.82) is 0 Å². The van der Waals surface area contributed by atoms with Gasteiger partial charge in [0.05, 0.1) is 11.5 Å². The van der Waals surface area contributed by atoms with E-state index in [-0.39, 0.29) is 5.92 Å². The van der Waals surface area contributed by atoms with E-state index in [9.17, 15) is 9.90 Å². The molecule has 5 nitrogen and oxygen atoms in total. The lowest BCUT2D eigenvalue weighted by Crippen LogP contribution is -2.44. The molecule has 0 atom stereocenters. The van der Waals surface area contributed by atoms with Gasteiger partial charge in [-0.05, 0) is 45.1 Å². The number of unbranched alkanes of at least 4 members (excludes halogenated alkanes) is 1. The molecule has 1 aliphatic rings. The van der Waals surface area contributed by atoms with Crippen LogP contribution in [-0.2, 0) is 9.53 Å². The van der Waals surface area contributed by atoms with Crippen LogP contribution in [0.1, 0.15) is 51.9 Å². The smallest absolute Gasteiger partial charge is 0.306 e. The van der Waals surface area contributed by atoms with Crippen molar-refractivity contribution in [3.05, 3.63) is 0 Å². The second-order valence-corrected chi connectivity index (χ2v) is 5.83. The summed E-state index contributed by atoms with van der Waals surface area (Å²) < 4.78 is 5.46. The molecule has 0 heterocycles. The molecule has 0 spiro atoms. The highest BCUT2D eigenvalue weighted by molar-refractivity contribution is 5.70. The van der Waals surface area contributed by atoms with Crippen LogP contribution in [0.4, 0.5) is 0 Å². The summed E-state index contributed by atoms with van der Waals surface area (Å²) in [6, 6.07) is 0. The molecule has 0 unspecified atom stereocenters. The van der Waals surface area contributed by atoms with E-state index in [1.807, 2.05) is 0 Å². The summed E-state index contributed by atoms with van der Waals surface area (Å²) >= 11 is 0. The first kappa shape index (κ1) is 17.4. The average molecular weight is 287 g/mol. The molecular formula is C15H29NO4. The quantitative estimate of drug-likeness (QED) is 0.534. The minimum absolute atomic E-state index is 0.276. The monoisotopic (exact) mass is 287 g/mol. The van der Waals surface area contributed by atoms with Crippen LogP contribution in [0.2, 0.25) is 0 Å². The van der Waals surface area contributed by atoms with Gasteiger partial charge in [0, 0.05) is 19.8 Å². The van der Waals surface area contributed by atoms with Gasteiger partial charge in [-0.3, -0.25) is 4.79 Å². The van der Waals surface area contributed by atoms with E-state index in [0.29, 0.717) is 32.2 Å². The molecule has 5 heteroatoms. The highest BCUT2D eigenvalue weighted by Gasteiger charge is 2.35. The maximum atomic E-state index is 10.9. The zero-order valence-corrected chi connectivity index (χ0v) is 12.6. The van der Waals surface area contributed by atoms with E-state index in [2.05, 4.69) is 12.2 Å². The molecule has 20 heavy (non-hydrogen) atoms. The van der Waals surface area contributed by atoms with Gasteiger partial charge in [-0.25, -0.2) is 0 Å². The van der Waals surface area contributed by atoms with Crippen molar-refractivity contribution in [2.24, 2.45) is 5.92 Å². The first-order valence-corrected chi connectivity index (χ1v) is 7.81. The van der Waals surface area contributed by atoms with Crippen molar-refractivity contribution in [3.8, 4) is 0 Å². The van der Waals surface area contributed by atoms with E-state index in [4.69, 9.17) is 9.84 Å². The van der Waals surface area contributed by atoms with Crippen LogP contribution in [0, 0.1) is 5.92 Å². The molecule has 3 N–H and O–H groups in total. The Kier molecular flexibility index (Phi) is 8.11. The van der Waals surface area contributed by atoms with Crippen molar-refractivity contribution < 1.29 is 19.7 Å². The maximum Gasteiger partial charge on any atom is 0.306 e. The Bertz CT molecular complexity index is 275. The zero-order chi connectivity index (χ0) is 14.8. The number of ether oxygens (including phenoxy) is 1. The van der Waals surface area contributed by atoms with Gasteiger partial charge in [-0.15, -0.1) is 0 Å². The van der Waals surface area contributed by atoms with Crippen LogP contribution in [0.25, 0.3) is 0 Å². The SMILES string of the molecule is CCCCOCCCNCC1(O)CCC(C(=O)O)CC1. The Labute approximate surface area is 121 Å².